The van der Waals surface area contributed by atoms with Gasteiger partial charge in [-0.05, 0) is 29.8 Å². The minimum atomic E-state index is 0.499. The molecule has 0 fully saturated rings. The zero-order chi connectivity index (χ0) is 13.0. The van der Waals surface area contributed by atoms with Crippen LogP contribution in [-0.4, -0.2) is 7.11 Å². The van der Waals surface area contributed by atoms with E-state index in [1.54, 1.807) is 25.3 Å². The fraction of sp³-hybridized carbons (Fsp3) is 0.0667. The van der Waals surface area contributed by atoms with Crippen LogP contribution in [0, 0.1) is 22.7 Å². The molecule has 0 N–H and O–H groups in total. The van der Waals surface area contributed by atoms with Crippen molar-refractivity contribution in [3.05, 3.63) is 53.6 Å². The molecule has 0 unspecified atom stereocenters. The second-order valence-corrected chi connectivity index (χ2v) is 3.68. The molecule has 0 spiro atoms. The molecular formula is C15H10N2O. The molecule has 0 aliphatic carbocycles. The fourth-order valence-electron chi connectivity index (χ4n) is 1.81. The van der Waals surface area contributed by atoms with Crippen LogP contribution < -0.4 is 4.74 Å². The molecule has 2 aromatic rings. The Morgan fingerprint density at radius 3 is 1.89 bits per heavy atom. The summed E-state index contributed by atoms with van der Waals surface area (Å²) in [6, 6.07) is 16.7. The van der Waals surface area contributed by atoms with E-state index in [2.05, 4.69) is 12.1 Å². The number of nitriles is 2. The molecule has 0 saturated heterocycles. The largest absolute Gasteiger partial charge is 0.497 e. The van der Waals surface area contributed by atoms with E-state index in [-0.39, 0.29) is 0 Å². The molecule has 0 aromatic heterocycles. The van der Waals surface area contributed by atoms with Crippen LogP contribution in [0.5, 0.6) is 5.75 Å². The average Bonchev–Trinajstić information content (AvgIpc) is 2.46. The molecular weight excluding hydrogens is 224 g/mol. The van der Waals surface area contributed by atoms with Gasteiger partial charge in [-0.25, -0.2) is 0 Å². The van der Waals surface area contributed by atoms with Gasteiger partial charge in [0, 0.05) is 5.56 Å². The Kier molecular flexibility index (Phi) is 3.27. The molecule has 18 heavy (non-hydrogen) atoms. The molecule has 0 heterocycles. The lowest BCUT2D eigenvalue weighted by atomic mass is 9.95. The van der Waals surface area contributed by atoms with Gasteiger partial charge in [-0.1, -0.05) is 18.2 Å². The molecule has 0 bridgehead atoms. The highest BCUT2D eigenvalue weighted by Crippen LogP contribution is 2.28. The number of methoxy groups -OCH3 is 1. The van der Waals surface area contributed by atoms with Crippen LogP contribution in [0.4, 0.5) is 0 Å². The summed E-state index contributed by atoms with van der Waals surface area (Å²) >= 11 is 0. The van der Waals surface area contributed by atoms with E-state index in [9.17, 15) is 0 Å². The van der Waals surface area contributed by atoms with Gasteiger partial charge < -0.3 is 4.74 Å². The maximum absolute atomic E-state index is 9.12. The highest BCUT2D eigenvalue weighted by atomic mass is 16.5. The van der Waals surface area contributed by atoms with E-state index in [1.807, 2.05) is 24.3 Å². The van der Waals surface area contributed by atoms with Crippen molar-refractivity contribution < 1.29 is 4.74 Å². The quantitative estimate of drug-likeness (QED) is 0.802. The van der Waals surface area contributed by atoms with Crippen LogP contribution in [0.3, 0.4) is 0 Å². The monoisotopic (exact) mass is 234 g/mol. The summed E-state index contributed by atoms with van der Waals surface area (Å²) < 4.78 is 5.09. The minimum Gasteiger partial charge on any atom is -0.497 e. The van der Waals surface area contributed by atoms with Crippen LogP contribution in [0.25, 0.3) is 11.1 Å². The Morgan fingerprint density at radius 1 is 0.889 bits per heavy atom. The molecule has 0 radical (unpaired) electrons. The molecule has 86 valence electrons. The zero-order valence-corrected chi connectivity index (χ0v) is 9.84. The Balaban J connectivity index is 2.63. The summed E-state index contributed by atoms with van der Waals surface area (Å²) in [4.78, 5) is 0. The summed E-state index contributed by atoms with van der Waals surface area (Å²) in [6.07, 6.45) is 0. The van der Waals surface area contributed by atoms with Crippen LogP contribution in [-0.2, 0) is 0 Å². The van der Waals surface area contributed by atoms with E-state index in [0.717, 1.165) is 11.3 Å². The lowest BCUT2D eigenvalue weighted by molar-refractivity contribution is 0.415. The lowest BCUT2D eigenvalue weighted by Crippen LogP contribution is -1.90. The molecule has 3 heteroatoms. The zero-order valence-electron chi connectivity index (χ0n) is 9.84. The molecule has 0 saturated carbocycles. The van der Waals surface area contributed by atoms with Gasteiger partial charge in [-0.2, -0.15) is 10.5 Å². The Morgan fingerprint density at radius 2 is 1.44 bits per heavy atom. The van der Waals surface area contributed by atoms with Gasteiger partial charge in [-0.3, -0.25) is 0 Å². The molecule has 3 nitrogen and oxygen atoms in total. The van der Waals surface area contributed by atoms with Crippen LogP contribution in [0.1, 0.15) is 11.1 Å². The van der Waals surface area contributed by atoms with Crippen molar-refractivity contribution in [1.82, 2.24) is 0 Å². The average molecular weight is 234 g/mol. The van der Waals surface area contributed by atoms with Gasteiger partial charge in [0.1, 0.15) is 5.75 Å². The Hall–Kier alpha value is -2.78. The maximum atomic E-state index is 9.12. The molecule has 2 aromatic carbocycles. The second kappa shape index (κ2) is 5.03. The summed E-state index contributed by atoms with van der Waals surface area (Å²) in [5.41, 5.74) is 2.51. The molecule has 0 atom stereocenters. The van der Waals surface area contributed by atoms with Gasteiger partial charge in [0.05, 0.1) is 30.4 Å². The summed E-state index contributed by atoms with van der Waals surface area (Å²) in [6.45, 7) is 0. The normalized spacial score (nSPS) is 9.28. The number of benzene rings is 2. The van der Waals surface area contributed by atoms with Crippen molar-refractivity contribution in [3.63, 3.8) is 0 Å². The first-order valence-corrected chi connectivity index (χ1v) is 5.37. The number of hydrogen-bond acceptors (Lipinski definition) is 3. The third kappa shape index (κ3) is 2.03. The SMILES string of the molecule is COc1ccc(-c2c(C#N)cccc2C#N)cc1. The molecule has 0 aliphatic rings. The third-order valence-corrected chi connectivity index (χ3v) is 2.68. The van der Waals surface area contributed by atoms with E-state index in [0.29, 0.717) is 16.7 Å². The smallest absolute Gasteiger partial charge is 0.118 e. The fourth-order valence-corrected chi connectivity index (χ4v) is 1.81. The van der Waals surface area contributed by atoms with E-state index < -0.39 is 0 Å². The predicted molar refractivity (Wildman–Crippen MR) is 67.9 cm³/mol. The van der Waals surface area contributed by atoms with E-state index in [4.69, 9.17) is 15.3 Å². The van der Waals surface area contributed by atoms with Crippen molar-refractivity contribution in [2.24, 2.45) is 0 Å². The highest BCUT2D eigenvalue weighted by Gasteiger charge is 2.10. The maximum Gasteiger partial charge on any atom is 0.118 e. The molecule has 0 aliphatic heterocycles. The minimum absolute atomic E-state index is 0.499. The van der Waals surface area contributed by atoms with Crippen molar-refractivity contribution >= 4 is 0 Å². The van der Waals surface area contributed by atoms with Gasteiger partial charge in [0.2, 0.25) is 0 Å². The van der Waals surface area contributed by atoms with Gasteiger partial charge >= 0.3 is 0 Å². The number of rotatable bonds is 2. The predicted octanol–water partition coefficient (Wildman–Crippen LogP) is 3.11. The second-order valence-electron chi connectivity index (χ2n) is 3.68. The lowest BCUT2D eigenvalue weighted by Gasteiger charge is -2.07. The van der Waals surface area contributed by atoms with Crippen molar-refractivity contribution in [2.75, 3.05) is 7.11 Å². The van der Waals surface area contributed by atoms with Gasteiger partial charge in [0.15, 0.2) is 0 Å². The van der Waals surface area contributed by atoms with Crippen molar-refractivity contribution in [1.29, 1.82) is 10.5 Å². The summed E-state index contributed by atoms with van der Waals surface area (Å²) in [7, 11) is 1.60. The molecule has 0 amide bonds. The summed E-state index contributed by atoms with van der Waals surface area (Å²) in [5.74, 6) is 0.742. The first-order valence-electron chi connectivity index (χ1n) is 5.37. The van der Waals surface area contributed by atoms with Crippen LogP contribution in [0.15, 0.2) is 42.5 Å². The standard InChI is InChI=1S/C15H10N2O/c1-18-14-7-5-11(6-8-14)15-12(9-16)3-2-4-13(15)10-17/h2-8H,1H3. The van der Waals surface area contributed by atoms with Gasteiger partial charge in [-0.15, -0.1) is 0 Å². The van der Waals surface area contributed by atoms with Crippen molar-refractivity contribution in [2.45, 2.75) is 0 Å². The number of nitrogens with zero attached hydrogens (tertiary/aromatic N) is 2. The highest BCUT2D eigenvalue weighted by molar-refractivity contribution is 5.76. The Bertz CT molecular complexity index is 613. The van der Waals surface area contributed by atoms with Gasteiger partial charge in [0.25, 0.3) is 0 Å². The Labute approximate surface area is 105 Å². The van der Waals surface area contributed by atoms with E-state index >= 15 is 0 Å². The third-order valence-electron chi connectivity index (χ3n) is 2.68. The number of ether oxygens (including phenoxy) is 1. The topological polar surface area (TPSA) is 56.8 Å². The molecule has 2 rings (SSSR count). The van der Waals surface area contributed by atoms with Crippen molar-refractivity contribution in [3.8, 4) is 29.0 Å². The first kappa shape index (κ1) is 11.7. The number of hydrogen-bond donors (Lipinski definition) is 0. The first-order chi connectivity index (χ1) is 8.80. The summed E-state index contributed by atoms with van der Waals surface area (Å²) in [5, 5.41) is 18.2. The van der Waals surface area contributed by atoms with Crippen LogP contribution >= 0.6 is 0 Å². The van der Waals surface area contributed by atoms with E-state index in [1.165, 1.54) is 0 Å². The van der Waals surface area contributed by atoms with Crippen LogP contribution in [0.2, 0.25) is 0 Å².